The van der Waals surface area contributed by atoms with Crippen molar-refractivity contribution in [2.75, 3.05) is 26.3 Å². The van der Waals surface area contributed by atoms with Crippen molar-refractivity contribution < 1.29 is 61.1 Å². The molecule has 0 bridgehead atoms. The van der Waals surface area contributed by atoms with E-state index in [9.17, 15) is 36.6 Å². The summed E-state index contributed by atoms with van der Waals surface area (Å²) in [6, 6.07) is 9.70. The fraction of sp³-hybridized carbons (Fsp3) is 0.440. The average molecular weight is 689 g/mol. The minimum atomic E-state index is -5.08. The summed E-state index contributed by atoms with van der Waals surface area (Å²) in [6.45, 7) is 1.80. The maximum absolute atomic E-state index is 10.6. The molecule has 43 heavy (non-hydrogen) atoms. The maximum atomic E-state index is 10.6. The number of aliphatic hydroxyl groups is 2. The molecule has 0 saturated carbocycles. The summed E-state index contributed by atoms with van der Waals surface area (Å²) in [7, 11) is 0. The third kappa shape index (κ3) is 12.0. The van der Waals surface area contributed by atoms with Crippen LogP contribution in [0.4, 0.5) is 26.3 Å². The Morgan fingerprint density at radius 3 is 2.19 bits per heavy atom. The van der Waals surface area contributed by atoms with Gasteiger partial charge < -0.3 is 30.1 Å². The van der Waals surface area contributed by atoms with Crippen LogP contribution in [0.1, 0.15) is 19.3 Å². The highest BCUT2D eigenvalue weighted by Crippen LogP contribution is 2.24. The van der Waals surface area contributed by atoms with Crippen LogP contribution in [-0.2, 0) is 9.59 Å². The van der Waals surface area contributed by atoms with E-state index in [1.807, 2.05) is 30.3 Å². The summed E-state index contributed by atoms with van der Waals surface area (Å²) >= 11 is 3.41. The van der Waals surface area contributed by atoms with Gasteiger partial charge in [-0.3, -0.25) is 4.90 Å². The summed E-state index contributed by atoms with van der Waals surface area (Å²) < 4.78 is 70.1. The van der Waals surface area contributed by atoms with Crippen LogP contribution in [-0.4, -0.2) is 103 Å². The van der Waals surface area contributed by atoms with E-state index in [0.29, 0.717) is 17.9 Å². The Kier molecular flexibility index (Phi) is 13.2. The highest BCUT2D eigenvalue weighted by molar-refractivity contribution is 9.10. The molecule has 4 rings (SSSR count). The van der Waals surface area contributed by atoms with Crippen molar-refractivity contribution in [2.45, 2.75) is 43.8 Å². The van der Waals surface area contributed by atoms with E-state index < -0.39 is 30.4 Å². The first-order valence-electron chi connectivity index (χ1n) is 12.4. The van der Waals surface area contributed by atoms with Crippen LogP contribution in [0.3, 0.4) is 0 Å². The standard InChI is InChI=1S/C21H25BrN4O3.2C2HF3O2/c22-15-9-19-21(23-10-15)25-20(24-19)14-4-6-18(7-5-14)29-13-17(28)11-26-8-2-1-3-16(26)12-27;2*3-2(4,5)1(6)7/h4-7,9-10,16-17,27-28H,1-3,8,11-13H2,(H,23,24,25);2*(H,6,7). The number of ether oxygens (including phenoxy) is 1. The van der Waals surface area contributed by atoms with Crippen LogP contribution in [0.5, 0.6) is 5.75 Å². The summed E-state index contributed by atoms with van der Waals surface area (Å²) in [5.41, 5.74) is 2.48. The molecular formula is C25H27BrF6N4O7. The third-order valence-corrected chi connectivity index (χ3v) is 6.20. The first-order chi connectivity index (χ1) is 20.0. The normalized spacial score (nSPS) is 16.3. The van der Waals surface area contributed by atoms with E-state index in [-0.39, 0.29) is 19.3 Å². The number of hydrogen-bond donors (Lipinski definition) is 5. The molecule has 0 spiro atoms. The number of H-pyrrole nitrogens is 1. The number of nitrogens with zero attached hydrogens (tertiary/aromatic N) is 3. The number of aliphatic carboxylic acids is 2. The third-order valence-electron chi connectivity index (χ3n) is 5.76. The molecule has 5 N–H and O–H groups in total. The highest BCUT2D eigenvalue weighted by Gasteiger charge is 2.38. The number of carboxylic acids is 2. The predicted octanol–water partition coefficient (Wildman–Crippen LogP) is 4.24. The van der Waals surface area contributed by atoms with Gasteiger partial charge in [-0.1, -0.05) is 6.42 Å². The van der Waals surface area contributed by atoms with Gasteiger partial charge >= 0.3 is 24.3 Å². The van der Waals surface area contributed by atoms with Gasteiger partial charge in [-0.2, -0.15) is 26.3 Å². The van der Waals surface area contributed by atoms with Crippen LogP contribution in [0, 0.1) is 0 Å². The Labute approximate surface area is 248 Å². The van der Waals surface area contributed by atoms with E-state index in [2.05, 4.69) is 35.8 Å². The van der Waals surface area contributed by atoms with Crippen molar-refractivity contribution in [3.05, 3.63) is 41.0 Å². The van der Waals surface area contributed by atoms with Crippen LogP contribution in [0.2, 0.25) is 0 Å². The monoisotopic (exact) mass is 688 g/mol. The molecule has 11 nitrogen and oxygen atoms in total. The van der Waals surface area contributed by atoms with Crippen LogP contribution >= 0.6 is 15.9 Å². The fourth-order valence-corrected chi connectivity index (χ4v) is 4.07. The summed E-state index contributed by atoms with van der Waals surface area (Å²) in [4.78, 5) is 32.0. The van der Waals surface area contributed by atoms with Crippen molar-refractivity contribution in [3.63, 3.8) is 0 Å². The number of carboxylic acid groups (broad SMARTS) is 2. The Bertz CT molecular complexity index is 1310. The van der Waals surface area contributed by atoms with Crippen molar-refractivity contribution in [1.82, 2.24) is 19.9 Å². The summed E-state index contributed by atoms with van der Waals surface area (Å²) in [6.07, 6.45) is -5.80. The second kappa shape index (κ2) is 15.8. The number of fused-ring (bicyclic) bond motifs is 1. The van der Waals surface area contributed by atoms with Gasteiger partial charge in [-0.25, -0.2) is 19.6 Å². The number of halogens is 7. The van der Waals surface area contributed by atoms with Gasteiger partial charge in [0.1, 0.15) is 24.3 Å². The molecule has 1 aliphatic rings. The molecule has 2 aromatic heterocycles. The predicted molar refractivity (Wildman–Crippen MR) is 142 cm³/mol. The number of nitrogens with one attached hydrogen (secondary N) is 1. The van der Waals surface area contributed by atoms with E-state index in [4.69, 9.17) is 24.5 Å². The number of aromatic amines is 1. The number of pyridine rings is 1. The average Bonchev–Trinajstić information content (AvgIpc) is 3.35. The number of β-amino-alcohol motifs (C(OH)–C–C–N with tert-alkyl or cyclic N) is 1. The van der Waals surface area contributed by atoms with Gasteiger partial charge in [0.25, 0.3) is 0 Å². The smallest absolute Gasteiger partial charge is 0.490 e. The molecule has 0 amide bonds. The lowest BCUT2D eigenvalue weighted by Gasteiger charge is -2.35. The Balaban J connectivity index is 0.000000384. The number of imidazole rings is 1. The van der Waals surface area contributed by atoms with Crippen molar-refractivity contribution >= 4 is 39.0 Å². The van der Waals surface area contributed by atoms with Crippen LogP contribution < -0.4 is 4.74 Å². The van der Waals surface area contributed by atoms with Gasteiger partial charge in [0.2, 0.25) is 0 Å². The van der Waals surface area contributed by atoms with Gasteiger partial charge in [0, 0.05) is 28.8 Å². The number of alkyl halides is 6. The van der Waals surface area contributed by atoms with Crippen molar-refractivity contribution in [3.8, 4) is 17.1 Å². The zero-order chi connectivity index (χ0) is 32.4. The molecular weight excluding hydrogens is 662 g/mol. The molecule has 1 aromatic carbocycles. The minimum absolute atomic E-state index is 0.142. The molecule has 2 atom stereocenters. The fourth-order valence-electron chi connectivity index (χ4n) is 3.74. The molecule has 2 unspecified atom stereocenters. The lowest BCUT2D eigenvalue weighted by molar-refractivity contribution is -0.193. The van der Waals surface area contributed by atoms with Gasteiger partial charge in [0.05, 0.1) is 12.1 Å². The number of rotatable bonds is 7. The first-order valence-corrected chi connectivity index (χ1v) is 13.2. The molecule has 238 valence electrons. The SMILES string of the molecule is O=C(O)C(F)(F)F.O=C(O)C(F)(F)F.OCC1CCCCN1CC(O)COc1ccc(-c2nc3ncc(Br)cc3[nH]2)cc1. The Morgan fingerprint density at radius 2 is 1.65 bits per heavy atom. The number of carbonyl (C=O) groups is 2. The van der Waals surface area contributed by atoms with Crippen molar-refractivity contribution in [2.24, 2.45) is 0 Å². The molecule has 18 heteroatoms. The largest absolute Gasteiger partial charge is 0.491 e. The van der Waals surface area contributed by atoms with Gasteiger partial charge in [-0.05, 0) is 65.6 Å². The topological polar surface area (TPSA) is 169 Å². The maximum Gasteiger partial charge on any atom is 0.490 e. The molecule has 1 aliphatic heterocycles. The van der Waals surface area contributed by atoms with E-state index >= 15 is 0 Å². The highest BCUT2D eigenvalue weighted by atomic mass is 79.9. The number of benzene rings is 1. The Morgan fingerprint density at radius 1 is 1.07 bits per heavy atom. The quantitative estimate of drug-likeness (QED) is 0.226. The van der Waals surface area contributed by atoms with Crippen LogP contribution in [0.15, 0.2) is 41.0 Å². The lowest BCUT2D eigenvalue weighted by Crippen LogP contribution is -2.46. The molecule has 1 fully saturated rings. The Hall–Kier alpha value is -3.48. The second-order valence-electron chi connectivity index (χ2n) is 9.03. The molecule has 3 aromatic rings. The number of hydrogen-bond acceptors (Lipinski definition) is 8. The molecule has 0 radical (unpaired) electrons. The second-order valence-corrected chi connectivity index (χ2v) is 9.95. The zero-order valence-corrected chi connectivity index (χ0v) is 23.7. The minimum Gasteiger partial charge on any atom is -0.491 e. The molecule has 3 heterocycles. The van der Waals surface area contributed by atoms with E-state index in [1.165, 1.54) is 0 Å². The molecule has 0 aliphatic carbocycles. The van der Waals surface area contributed by atoms with Gasteiger partial charge in [0.15, 0.2) is 5.65 Å². The summed E-state index contributed by atoms with van der Waals surface area (Å²) in [5.74, 6) is -4.07. The lowest BCUT2D eigenvalue weighted by atomic mass is 10.0. The first kappa shape index (κ1) is 35.7. The van der Waals surface area contributed by atoms with Gasteiger partial charge in [-0.15, -0.1) is 0 Å². The van der Waals surface area contributed by atoms with E-state index in [0.717, 1.165) is 47.2 Å². The summed E-state index contributed by atoms with van der Waals surface area (Å²) in [5, 5.41) is 34.1. The number of piperidine rings is 1. The zero-order valence-electron chi connectivity index (χ0n) is 22.1. The van der Waals surface area contributed by atoms with Crippen molar-refractivity contribution in [1.29, 1.82) is 0 Å². The molecule has 1 saturated heterocycles. The van der Waals surface area contributed by atoms with Crippen LogP contribution in [0.25, 0.3) is 22.6 Å². The number of aromatic nitrogens is 3. The number of aliphatic hydroxyl groups excluding tert-OH is 2. The number of likely N-dealkylation sites (tertiary alicyclic amines) is 1. The van der Waals surface area contributed by atoms with E-state index in [1.54, 1.807) is 6.20 Å².